The Labute approximate surface area is 165 Å². The fraction of sp³-hybridized carbons (Fsp3) is 0.941. The van der Waals surface area contributed by atoms with Crippen LogP contribution in [0.3, 0.4) is 0 Å². The average molecular weight is 455 g/mol. The van der Waals surface area contributed by atoms with Crippen LogP contribution in [0, 0.1) is 5.92 Å². The van der Waals surface area contributed by atoms with E-state index in [1.165, 1.54) is 32.7 Å². The largest absolute Gasteiger partial charge is 0.380 e. The van der Waals surface area contributed by atoms with Gasteiger partial charge in [0, 0.05) is 59.0 Å². The lowest BCUT2D eigenvalue weighted by molar-refractivity contribution is 0.125. The molecule has 1 rings (SSSR count). The van der Waals surface area contributed by atoms with E-state index in [1.54, 1.807) is 0 Å². The number of rotatable bonds is 10. The number of likely N-dealkylation sites (N-methyl/N-ethyl adjacent to an activating group) is 1. The normalized spacial score (nSPS) is 18.1. The molecule has 0 aliphatic carbocycles. The van der Waals surface area contributed by atoms with Crippen LogP contribution in [0.25, 0.3) is 0 Å². The second-order valence-electron chi connectivity index (χ2n) is 6.18. The number of halogens is 1. The van der Waals surface area contributed by atoms with Crippen molar-refractivity contribution in [3.05, 3.63) is 0 Å². The number of hydrogen-bond acceptors (Lipinski definition) is 4. The molecule has 1 atom stereocenters. The Kier molecular flexibility index (Phi) is 15.1. The average Bonchev–Trinajstić information content (AvgIpc) is 2.57. The first-order chi connectivity index (χ1) is 11.2. The molecule has 144 valence electrons. The lowest BCUT2D eigenvalue weighted by atomic mass is 10.1. The van der Waals surface area contributed by atoms with Crippen LogP contribution in [0.2, 0.25) is 0 Å². The third-order valence-electron chi connectivity index (χ3n) is 4.13. The number of nitrogens with zero attached hydrogens (tertiary/aromatic N) is 3. The molecule has 2 N–H and O–H groups in total. The fourth-order valence-corrected chi connectivity index (χ4v) is 2.76. The van der Waals surface area contributed by atoms with E-state index in [0.29, 0.717) is 5.92 Å². The number of piperazine rings is 1. The predicted molar refractivity (Wildman–Crippen MR) is 114 cm³/mol. The van der Waals surface area contributed by atoms with Gasteiger partial charge in [0.25, 0.3) is 0 Å². The quantitative estimate of drug-likeness (QED) is 0.226. The second kappa shape index (κ2) is 15.2. The molecule has 0 radical (unpaired) electrons. The molecule has 0 aromatic rings. The number of nitrogens with one attached hydrogen (secondary N) is 2. The predicted octanol–water partition coefficient (Wildman–Crippen LogP) is 1.47. The van der Waals surface area contributed by atoms with E-state index < -0.39 is 0 Å². The summed E-state index contributed by atoms with van der Waals surface area (Å²) in [6, 6.07) is 0. The molecule has 6 nitrogen and oxygen atoms in total. The van der Waals surface area contributed by atoms with Crippen LogP contribution < -0.4 is 10.6 Å². The van der Waals surface area contributed by atoms with Crippen molar-refractivity contribution < 1.29 is 4.74 Å². The van der Waals surface area contributed by atoms with E-state index in [0.717, 1.165) is 45.4 Å². The smallest absolute Gasteiger partial charge is 0.191 e. The molecule has 1 heterocycles. The van der Waals surface area contributed by atoms with Gasteiger partial charge in [-0.2, -0.15) is 0 Å². The molecular weight excluding hydrogens is 417 g/mol. The van der Waals surface area contributed by atoms with Gasteiger partial charge in [0.1, 0.15) is 0 Å². The SMILES string of the molecule is CCNC(=NCC(C)CN1CCN(CC)CC1)NCCOCC.I. The van der Waals surface area contributed by atoms with Crippen LogP contribution in [0.1, 0.15) is 27.7 Å². The highest BCUT2D eigenvalue weighted by atomic mass is 127. The zero-order chi connectivity index (χ0) is 16.9. The molecule has 0 bridgehead atoms. The molecule has 1 aliphatic rings. The van der Waals surface area contributed by atoms with Gasteiger partial charge in [0.15, 0.2) is 5.96 Å². The van der Waals surface area contributed by atoms with Gasteiger partial charge in [-0.15, -0.1) is 24.0 Å². The van der Waals surface area contributed by atoms with Crippen LogP contribution in [-0.4, -0.2) is 87.9 Å². The van der Waals surface area contributed by atoms with Gasteiger partial charge in [-0.05, 0) is 26.3 Å². The van der Waals surface area contributed by atoms with Crippen molar-refractivity contribution in [3.63, 3.8) is 0 Å². The molecule has 24 heavy (non-hydrogen) atoms. The summed E-state index contributed by atoms with van der Waals surface area (Å²) in [6.07, 6.45) is 0. The maximum Gasteiger partial charge on any atom is 0.191 e. The summed E-state index contributed by atoms with van der Waals surface area (Å²) in [6.45, 7) is 19.8. The summed E-state index contributed by atoms with van der Waals surface area (Å²) in [5.41, 5.74) is 0. The van der Waals surface area contributed by atoms with E-state index in [-0.39, 0.29) is 24.0 Å². The van der Waals surface area contributed by atoms with E-state index in [1.807, 2.05) is 6.92 Å². The fourth-order valence-electron chi connectivity index (χ4n) is 2.76. The number of hydrogen-bond donors (Lipinski definition) is 2. The first-order valence-electron chi connectivity index (χ1n) is 9.24. The highest BCUT2D eigenvalue weighted by Gasteiger charge is 2.17. The van der Waals surface area contributed by atoms with Crippen molar-refractivity contribution >= 4 is 29.9 Å². The Bertz CT molecular complexity index is 322. The van der Waals surface area contributed by atoms with Gasteiger partial charge in [-0.1, -0.05) is 13.8 Å². The van der Waals surface area contributed by atoms with Crippen molar-refractivity contribution in [2.45, 2.75) is 27.7 Å². The molecule has 7 heteroatoms. The topological polar surface area (TPSA) is 52.1 Å². The van der Waals surface area contributed by atoms with E-state index >= 15 is 0 Å². The van der Waals surface area contributed by atoms with Crippen LogP contribution in [0.15, 0.2) is 4.99 Å². The zero-order valence-corrected chi connectivity index (χ0v) is 18.3. The summed E-state index contributed by atoms with van der Waals surface area (Å²) >= 11 is 0. The first kappa shape index (κ1) is 23.9. The maximum atomic E-state index is 5.35. The first-order valence-corrected chi connectivity index (χ1v) is 9.24. The molecular formula is C17H38IN5O. The van der Waals surface area contributed by atoms with Crippen molar-refractivity contribution in [2.24, 2.45) is 10.9 Å². The molecule has 0 saturated carbocycles. The Morgan fingerprint density at radius 3 is 2.33 bits per heavy atom. The summed E-state index contributed by atoms with van der Waals surface area (Å²) in [7, 11) is 0. The van der Waals surface area contributed by atoms with Gasteiger partial charge >= 0.3 is 0 Å². The van der Waals surface area contributed by atoms with Gasteiger partial charge in [0.05, 0.1) is 6.61 Å². The molecule has 0 spiro atoms. The second-order valence-corrected chi connectivity index (χ2v) is 6.18. The molecule has 1 fully saturated rings. The molecule has 0 amide bonds. The van der Waals surface area contributed by atoms with Crippen molar-refractivity contribution in [1.29, 1.82) is 0 Å². The highest BCUT2D eigenvalue weighted by Crippen LogP contribution is 2.06. The Hall–Kier alpha value is -0.120. The van der Waals surface area contributed by atoms with E-state index in [4.69, 9.17) is 9.73 Å². The van der Waals surface area contributed by atoms with Crippen molar-refractivity contribution in [3.8, 4) is 0 Å². The molecule has 0 aromatic heterocycles. The third kappa shape index (κ3) is 10.7. The minimum absolute atomic E-state index is 0. The van der Waals surface area contributed by atoms with Crippen LogP contribution >= 0.6 is 24.0 Å². The van der Waals surface area contributed by atoms with Crippen molar-refractivity contribution in [1.82, 2.24) is 20.4 Å². The van der Waals surface area contributed by atoms with Gasteiger partial charge < -0.3 is 25.2 Å². The summed E-state index contributed by atoms with van der Waals surface area (Å²) in [5.74, 6) is 1.47. The number of guanidine groups is 1. The summed E-state index contributed by atoms with van der Waals surface area (Å²) < 4.78 is 5.35. The zero-order valence-electron chi connectivity index (χ0n) is 16.0. The van der Waals surface area contributed by atoms with Crippen LogP contribution in [-0.2, 0) is 4.74 Å². The Morgan fingerprint density at radius 1 is 1.08 bits per heavy atom. The van der Waals surface area contributed by atoms with E-state index in [9.17, 15) is 0 Å². The highest BCUT2D eigenvalue weighted by molar-refractivity contribution is 14.0. The molecule has 0 aromatic carbocycles. The Balaban J connectivity index is 0.00000529. The standard InChI is InChI=1S/C17H37N5O.HI/c1-5-18-17(19-8-13-23-7-3)20-14-16(4)15-22-11-9-21(6-2)10-12-22;/h16H,5-15H2,1-4H3,(H2,18,19,20);1H. The summed E-state index contributed by atoms with van der Waals surface area (Å²) in [5, 5.41) is 6.62. The van der Waals surface area contributed by atoms with E-state index in [2.05, 4.69) is 41.2 Å². The monoisotopic (exact) mass is 455 g/mol. The van der Waals surface area contributed by atoms with Gasteiger partial charge in [-0.25, -0.2) is 0 Å². The Morgan fingerprint density at radius 2 is 1.75 bits per heavy atom. The minimum Gasteiger partial charge on any atom is -0.380 e. The van der Waals surface area contributed by atoms with Crippen LogP contribution in [0.4, 0.5) is 0 Å². The maximum absolute atomic E-state index is 5.35. The number of aliphatic imine (C=N–C) groups is 1. The van der Waals surface area contributed by atoms with Gasteiger partial charge in [0.2, 0.25) is 0 Å². The molecule has 1 aliphatic heterocycles. The molecule has 1 unspecified atom stereocenters. The number of ether oxygens (including phenoxy) is 1. The summed E-state index contributed by atoms with van der Waals surface area (Å²) in [4.78, 5) is 9.80. The minimum atomic E-state index is 0. The lowest BCUT2D eigenvalue weighted by Crippen LogP contribution is -2.47. The van der Waals surface area contributed by atoms with Gasteiger partial charge in [-0.3, -0.25) is 4.99 Å². The lowest BCUT2D eigenvalue weighted by Gasteiger charge is -2.35. The van der Waals surface area contributed by atoms with Crippen LogP contribution in [0.5, 0.6) is 0 Å². The third-order valence-corrected chi connectivity index (χ3v) is 4.13. The molecule has 1 saturated heterocycles. The van der Waals surface area contributed by atoms with Crippen molar-refractivity contribution in [2.75, 3.05) is 72.1 Å².